The lowest BCUT2D eigenvalue weighted by molar-refractivity contribution is -0.117. The molecule has 0 radical (unpaired) electrons. The molecule has 1 aliphatic heterocycles. The highest BCUT2D eigenvalue weighted by molar-refractivity contribution is 7.89. The number of amides is 2. The van der Waals surface area contributed by atoms with Gasteiger partial charge in [0.15, 0.2) is 4.90 Å². The molecule has 1 saturated heterocycles. The predicted molar refractivity (Wildman–Crippen MR) is 107 cm³/mol. The third-order valence-corrected chi connectivity index (χ3v) is 7.99. The Morgan fingerprint density at radius 3 is 2.23 bits per heavy atom. The van der Waals surface area contributed by atoms with Gasteiger partial charge in [0.05, 0.1) is 9.88 Å². The molecule has 2 fully saturated rings. The summed E-state index contributed by atoms with van der Waals surface area (Å²) in [5, 5.41) is 3.38. The van der Waals surface area contributed by atoms with Crippen LogP contribution in [-0.4, -0.2) is 55.6 Å². The van der Waals surface area contributed by atoms with Crippen LogP contribution in [-0.2, 0) is 14.8 Å². The van der Waals surface area contributed by atoms with Crippen molar-refractivity contribution in [1.82, 2.24) is 9.21 Å². The molecule has 0 unspecified atom stereocenters. The molecule has 1 aromatic carbocycles. The summed E-state index contributed by atoms with van der Waals surface area (Å²) >= 11 is 1.16. The lowest BCUT2D eigenvalue weighted by atomic mass is 10.3. The van der Waals surface area contributed by atoms with Gasteiger partial charge in [-0.2, -0.15) is 4.31 Å². The summed E-state index contributed by atoms with van der Waals surface area (Å²) in [6, 6.07) is 6.17. The molecule has 4 rings (SSSR count). The van der Waals surface area contributed by atoms with Crippen molar-refractivity contribution in [2.24, 2.45) is 5.92 Å². The Balaban J connectivity index is 1.40. The fourth-order valence-electron chi connectivity index (χ4n) is 3.23. The zero-order valence-corrected chi connectivity index (χ0v) is 17.4. The smallest absolute Gasteiger partial charge is 0.264 e. The number of nitrogens with one attached hydrogen (secondary N) is 1. The summed E-state index contributed by atoms with van der Waals surface area (Å²) in [4.78, 5) is 25.5. The second-order valence-electron chi connectivity index (χ2n) is 7.17. The summed E-state index contributed by atoms with van der Waals surface area (Å²) in [5.74, 6) is -2.56. The second kappa shape index (κ2) is 8.05. The first-order valence-corrected chi connectivity index (χ1v) is 11.7. The van der Waals surface area contributed by atoms with Gasteiger partial charge in [-0.1, -0.05) is 6.07 Å². The Kier molecular flexibility index (Phi) is 5.60. The summed E-state index contributed by atoms with van der Waals surface area (Å²) in [6.45, 7) is 0.0442. The van der Waals surface area contributed by atoms with Gasteiger partial charge < -0.3 is 10.2 Å². The molecule has 0 bridgehead atoms. The van der Waals surface area contributed by atoms with E-state index < -0.39 is 26.6 Å². The molecule has 2 amide bonds. The summed E-state index contributed by atoms with van der Waals surface area (Å²) in [7, 11) is -4.35. The maximum absolute atomic E-state index is 13.9. The number of benzene rings is 1. The lowest BCUT2D eigenvalue weighted by Gasteiger charge is -2.33. The molecule has 1 N–H and O–H groups in total. The van der Waals surface area contributed by atoms with E-state index in [0.29, 0.717) is 9.88 Å². The first kappa shape index (κ1) is 20.9. The Morgan fingerprint density at radius 1 is 1.00 bits per heavy atom. The number of carbonyl (C=O) groups excluding carboxylic acids is 2. The molecule has 30 heavy (non-hydrogen) atoms. The highest BCUT2D eigenvalue weighted by Gasteiger charge is 2.34. The van der Waals surface area contributed by atoms with Gasteiger partial charge in [-0.15, -0.1) is 11.3 Å². The van der Waals surface area contributed by atoms with Crippen LogP contribution in [0.2, 0.25) is 0 Å². The summed E-state index contributed by atoms with van der Waals surface area (Å²) < 4.78 is 54.1. The molecule has 160 valence electrons. The SMILES string of the molecule is O=C(Nc1ccc(C(=O)N2CCN(S(=O)(=O)c3c(F)cccc3F)CC2)s1)C1CC1. The van der Waals surface area contributed by atoms with Crippen LogP contribution in [0.5, 0.6) is 0 Å². The molecule has 0 atom stereocenters. The molecular weight excluding hydrogens is 436 g/mol. The zero-order chi connectivity index (χ0) is 21.5. The van der Waals surface area contributed by atoms with Gasteiger partial charge in [0.25, 0.3) is 5.91 Å². The standard InChI is InChI=1S/C19H19F2N3O4S2/c20-13-2-1-3-14(21)17(13)30(27,28)24-10-8-23(9-11-24)19(26)15-6-7-16(29-15)22-18(25)12-4-5-12/h1-3,6-7,12H,4-5,8-11H2,(H,22,25). The number of sulfonamides is 1. The topological polar surface area (TPSA) is 86.8 Å². The molecule has 1 saturated carbocycles. The van der Waals surface area contributed by atoms with Crippen molar-refractivity contribution in [3.8, 4) is 0 Å². The molecule has 2 aromatic rings. The Morgan fingerprint density at radius 2 is 1.63 bits per heavy atom. The van der Waals surface area contributed by atoms with Crippen molar-refractivity contribution in [3.05, 3.63) is 46.8 Å². The monoisotopic (exact) mass is 455 g/mol. The predicted octanol–water partition coefficient (Wildman–Crippen LogP) is 2.52. The molecule has 7 nitrogen and oxygen atoms in total. The van der Waals surface area contributed by atoms with Gasteiger partial charge in [-0.25, -0.2) is 17.2 Å². The fourth-order valence-corrected chi connectivity index (χ4v) is 5.64. The van der Waals surface area contributed by atoms with Crippen molar-refractivity contribution >= 4 is 38.2 Å². The average molecular weight is 456 g/mol. The number of carbonyl (C=O) groups is 2. The molecule has 1 aliphatic carbocycles. The van der Waals surface area contributed by atoms with Crippen molar-refractivity contribution in [2.75, 3.05) is 31.5 Å². The van der Waals surface area contributed by atoms with Crippen molar-refractivity contribution in [3.63, 3.8) is 0 Å². The molecular formula is C19H19F2N3O4S2. The van der Waals surface area contributed by atoms with Crippen LogP contribution in [0.15, 0.2) is 35.2 Å². The van der Waals surface area contributed by atoms with E-state index in [-0.39, 0.29) is 43.9 Å². The normalized spacial score (nSPS) is 17.7. The van der Waals surface area contributed by atoms with Gasteiger partial charge in [-0.3, -0.25) is 9.59 Å². The number of thiophene rings is 1. The third kappa shape index (κ3) is 4.09. The molecule has 11 heteroatoms. The minimum atomic E-state index is -4.35. The van der Waals surface area contributed by atoms with Crippen LogP contribution in [0.3, 0.4) is 0 Å². The van der Waals surface area contributed by atoms with Gasteiger partial charge >= 0.3 is 0 Å². The average Bonchev–Trinajstić information content (AvgIpc) is 3.47. The van der Waals surface area contributed by atoms with E-state index in [9.17, 15) is 26.8 Å². The first-order valence-electron chi connectivity index (χ1n) is 9.41. The molecule has 2 aliphatic rings. The highest BCUT2D eigenvalue weighted by atomic mass is 32.2. The molecule has 2 heterocycles. The number of hydrogen-bond acceptors (Lipinski definition) is 5. The van der Waals surface area contributed by atoms with E-state index in [4.69, 9.17) is 0 Å². The van der Waals surface area contributed by atoms with Crippen LogP contribution in [0.4, 0.5) is 13.8 Å². The van der Waals surface area contributed by atoms with Crippen molar-refractivity contribution in [2.45, 2.75) is 17.7 Å². The van der Waals surface area contributed by atoms with Crippen LogP contribution < -0.4 is 5.32 Å². The number of hydrogen-bond donors (Lipinski definition) is 1. The van der Waals surface area contributed by atoms with Gasteiger partial charge in [0.1, 0.15) is 11.6 Å². The lowest BCUT2D eigenvalue weighted by Crippen LogP contribution is -2.50. The van der Waals surface area contributed by atoms with E-state index in [2.05, 4.69) is 5.32 Å². The number of rotatable bonds is 5. The van der Waals surface area contributed by atoms with Crippen molar-refractivity contribution in [1.29, 1.82) is 0 Å². The number of anilines is 1. The Bertz CT molecular complexity index is 1070. The van der Waals surface area contributed by atoms with E-state index in [1.165, 1.54) is 4.90 Å². The maximum atomic E-state index is 13.9. The van der Waals surface area contributed by atoms with E-state index in [0.717, 1.165) is 46.7 Å². The largest absolute Gasteiger partial charge is 0.335 e. The number of halogens is 2. The molecule has 1 aromatic heterocycles. The quantitative estimate of drug-likeness (QED) is 0.751. The van der Waals surface area contributed by atoms with Crippen LogP contribution >= 0.6 is 11.3 Å². The van der Waals surface area contributed by atoms with Crippen molar-refractivity contribution < 1.29 is 26.8 Å². The van der Waals surface area contributed by atoms with Gasteiger partial charge in [-0.05, 0) is 37.1 Å². The highest BCUT2D eigenvalue weighted by Crippen LogP contribution is 2.32. The summed E-state index contributed by atoms with van der Waals surface area (Å²) in [5.41, 5.74) is 0. The minimum Gasteiger partial charge on any atom is -0.335 e. The van der Waals surface area contributed by atoms with Crippen LogP contribution in [0, 0.1) is 17.6 Å². The zero-order valence-electron chi connectivity index (χ0n) is 15.8. The fraction of sp³-hybridized carbons (Fsp3) is 0.368. The number of nitrogens with zero attached hydrogens (tertiary/aromatic N) is 2. The Hall–Kier alpha value is -2.37. The first-order chi connectivity index (χ1) is 14.3. The van der Waals surface area contributed by atoms with E-state index >= 15 is 0 Å². The number of piperazine rings is 1. The van der Waals surface area contributed by atoms with Gasteiger partial charge in [0.2, 0.25) is 15.9 Å². The van der Waals surface area contributed by atoms with E-state index in [1.807, 2.05) is 0 Å². The van der Waals surface area contributed by atoms with Crippen LogP contribution in [0.1, 0.15) is 22.5 Å². The van der Waals surface area contributed by atoms with E-state index in [1.54, 1.807) is 12.1 Å². The van der Waals surface area contributed by atoms with Crippen LogP contribution in [0.25, 0.3) is 0 Å². The summed E-state index contributed by atoms with van der Waals surface area (Å²) in [6.07, 6.45) is 1.76. The minimum absolute atomic E-state index is 0.0463. The third-order valence-electron chi connectivity index (χ3n) is 5.05. The second-order valence-corrected chi connectivity index (χ2v) is 10.1. The molecule has 0 spiro atoms. The maximum Gasteiger partial charge on any atom is 0.264 e. The Labute approximate surface area is 176 Å². The van der Waals surface area contributed by atoms with Gasteiger partial charge in [0, 0.05) is 32.1 Å².